The molecule has 0 bridgehead atoms. The molecular formula is C14H31NS. The van der Waals surface area contributed by atoms with Crippen LogP contribution in [0.5, 0.6) is 0 Å². The lowest BCUT2D eigenvalue weighted by Crippen LogP contribution is -2.49. The molecule has 0 saturated heterocycles. The molecule has 2 N–H and O–H groups in total. The van der Waals surface area contributed by atoms with Crippen LogP contribution in [0.15, 0.2) is 0 Å². The van der Waals surface area contributed by atoms with Crippen LogP contribution in [-0.4, -0.2) is 17.0 Å². The van der Waals surface area contributed by atoms with Crippen LogP contribution >= 0.6 is 11.8 Å². The Kier molecular flexibility index (Phi) is 8.57. The van der Waals surface area contributed by atoms with Crippen molar-refractivity contribution in [2.24, 2.45) is 17.6 Å². The molecule has 0 saturated carbocycles. The van der Waals surface area contributed by atoms with E-state index in [1.807, 2.05) is 0 Å². The molecule has 1 nitrogen and oxygen atoms in total. The summed E-state index contributed by atoms with van der Waals surface area (Å²) in [6.07, 6.45) is 5.07. The van der Waals surface area contributed by atoms with Gasteiger partial charge >= 0.3 is 0 Å². The zero-order valence-electron chi connectivity index (χ0n) is 11.9. The average molecular weight is 245 g/mol. The van der Waals surface area contributed by atoms with Gasteiger partial charge in [0.05, 0.1) is 0 Å². The van der Waals surface area contributed by atoms with Gasteiger partial charge in [0.1, 0.15) is 0 Å². The van der Waals surface area contributed by atoms with Gasteiger partial charge in [-0.3, -0.25) is 0 Å². The van der Waals surface area contributed by atoms with E-state index in [0.717, 1.165) is 0 Å². The molecule has 0 fully saturated rings. The standard InChI is InChI=1S/C14H31NS/c1-6-10-16-11-8-7-9-14(15,12(2)3)13(4)5/h12-13H,6-11,15H2,1-5H3. The van der Waals surface area contributed by atoms with Crippen LogP contribution in [0.25, 0.3) is 0 Å². The number of nitrogens with two attached hydrogens (primary N) is 1. The van der Waals surface area contributed by atoms with Gasteiger partial charge in [-0.15, -0.1) is 0 Å². The van der Waals surface area contributed by atoms with E-state index < -0.39 is 0 Å². The molecular weight excluding hydrogens is 214 g/mol. The first kappa shape index (κ1) is 16.3. The van der Waals surface area contributed by atoms with E-state index in [4.69, 9.17) is 5.73 Å². The van der Waals surface area contributed by atoms with Gasteiger partial charge in [-0.2, -0.15) is 11.8 Å². The number of rotatable bonds is 9. The number of hydrogen-bond acceptors (Lipinski definition) is 2. The predicted molar refractivity (Wildman–Crippen MR) is 78.1 cm³/mol. The first-order valence-corrected chi connectivity index (χ1v) is 7.97. The minimum Gasteiger partial charge on any atom is -0.325 e. The minimum atomic E-state index is 0.0371. The van der Waals surface area contributed by atoms with Gasteiger partial charge in [0, 0.05) is 5.54 Å². The van der Waals surface area contributed by atoms with E-state index in [0.29, 0.717) is 11.8 Å². The lowest BCUT2D eigenvalue weighted by Gasteiger charge is -2.38. The fourth-order valence-electron chi connectivity index (χ4n) is 2.13. The van der Waals surface area contributed by atoms with E-state index in [2.05, 4.69) is 46.4 Å². The molecule has 0 aliphatic carbocycles. The van der Waals surface area contributed by atoms with Crippen molar-refractivity contribution in [2.75, 3.05) is 11.5 Å². The van der Waals surface area contributed by atoms with E-state index in [-0.39, 0.29) is 5.54 Å². The Morgan fingerprint density at radius 2 is 1.56 bits per heavy atom. The summed E-state index contributed by atoms with van der Waals surface area (Å²) in [6.45, 7) is 11.3. The highest BCUT2D eigenvalue weighted by molar-refractivity contribution is 7.99. The van der Waals surface area contributed by atoms with E-state index in [1.165, 1.54) is 37.2 Å². The SMILES string of the molecule is CCCSCCCCC(N)(C(C)C)C(C)C. The molecule has 98 valence electrons. The van der Waals surface area contributed by atoms with Crippen LogP contribution in [-0.2, 0) is 0 Å². The molecule has 0 spiro atoms. The highest BCUT2D eigenvalue weighted by atomic mass is 32.2. The maximum Gasteiger partial charge on any atom is 0.0200 e. The number of hydrogen-bond donors (Lipinski definition) is 1. The molecule has 0 aliphatic rings. The summed E-state index contributed by atoms with van der Waals surface area (Å²) < 4.78 is 0. The zero-order valence-corrected chi connectivity index (χ0v) is 12.7. The van der Waals surface area contributed by atoms with E-state index in [1.54, 1.807) is 0 Å². The van der Waals surface area contributed by atoms with Crippen molar-refractivity contribution < 1.29 is 0 Å². The molecule has 0 radical (unpaired) electrons. The third-order valence-corrected chi connectivity index (χ3v) is 4.92. The lowest BCUT2D eigenvalue weighted by atomic mass is 9.74. The van der Waals surface area contributed by atoms with Crippen LogP contribution in [0.2, 0.25) is 0 Å². The summed E-state index contributed by atoms with van der Waals surface area (Å²) in [5.74, 6) is 3.77. The quantitative estimate of drug-likeness (QED) is 0.613. The third kappa shape index (κ3) is 5.58. The van der Waals surface area contributed by atoms with Crippen LogP contribution in [0.3, 0.4) is 0 Å². The van der Waals surface area contributed by atoms with Crippen LogP contribution in [0.1, 0.15) is 60.3 Å². The second-order valence-corrected chi connectivity index (χ2v) is 6.72. The van der Waals surface area contributed by atoms with Crippen LogP contribution < -0.4 is 5.73 Å². The molecule has 0 aliphatic heterocycles. The Balaban J connectivity index is 3.78. The van der Waals surface area contributed by atoms with Gasteiger partial charge in [0.2, 0.25) is 0 Å². The monoisotopic (exact) mass is 245 g/mol. The fraction of sp³-hybridized carbons (Fsp3) is 1.00. The van der Waals surface area contributed by atoms with Gasteiger partial charge in [0.25, 0.3) is 0 Å². The molecule has 0 heterocycles. The summed E-state index contributed by atoms with van der Waals surface area (Å²) in [5, 5.41) is 0. The molecule has 16 heavy (non-hydrogen) atoms. The average Bonchev–Trinajstić information content (AvgIpc) is 2.22. The highest BCUT2D eigenvalue weighted by Gasteiger charge is 2.31. The van der Waals surface area contributed by atoms with Crippen molar-refractivity contribution >= 4 is 11.8 Å². The summed E-state index contributed by atoms with van der Waals surface area (Å²) in [7, 11) is 0. The molecule has 2 heteroatoms. The molecule has 0 amide bonds. The van der Waals surface area contributed by atoms with Gasteiger partial charge in [-0.1, -0.05) is 41.0 Å². The smallest absolute Gasteiger partial charge is 0.0200 e. The van der Waals surface area contributed by atoms with Gasteiger partial charge in [0.15, 0.2) is 0 Å². The minimum absolute atomic E-state index is 0.0371. The molecule has 0 unspecified atom stereocenters. The largest absolute Gasteiger partial charge is 0.325 e. The van der Waals surface area contributed by atoms with Gasteiger partial charge in [-0.25, -0.2) is 0 Å². The molecule has 0 atom stereocenters. The van der Waals surface area contributed by atoms with Gasteiger partial charge < -0.3 is 5.73 Å². The number of thioether (sulfide) groups is 1. The van der Waals surface area contributed by atoms with Crippen molar-refractivity contribution in [2.45, 2.75) is 65.8 Å². The van der Waals surface area contributed by atoms with Crippen LogP contribution in [0, 0.1) is 11.8 Å². The second kappa shape index (κ2) is 8.41. The Morgan fingerprint density at radius 1 is 1.00 bits per heavy atom. The summed E-state index contributed by atoms with van der Waals surface area (Å²) in [4.78, 5) is 0. The summed E-state index contributed by atoms with van der Waals surface area (Å²) in [5.41, 5.74) is 6.55. The predicted octanol–water partition coefficient (Wildman–Crippen LogP) is 4.31. The summed E-state index contributed by atoms with van der Waals surface area (Å²) >= 11 is 2.08. The molecule has 0 aromatic rings. The van der Waals surface area contributed by atoms with Crippen molar-refractivity contribution in [3.8, 4) is 0 Å². The summed E-state index contributed by atoms with van der Waals surface area (Å²) in [6, 6.07) is 0. The van der Waals surface area contributed by atoms with Crippen molar-refractivity contribution in [3.63, 3.8) is 0 Å². The van der Waals surface area contributed by atoms with Crippen molar-refractivity contribution in [3.05, 3.63) is 0 Å². The first-order valence-electron chi connectivity index (χ1n) is 6.81. The molecule has 0 aromatic carbocycles. The first-order chi connectivity index (χ1) is 7.45. The lowest BCUT2D eigenvalue weighted by molar-refractivity contribution is 0.203. The Hall–Kier alpha value is 0.310. The molecule has 0 aromatic heterocycles. The third-order valence-electron chi connectivity index (χ3n) is 3.65. The zero-order chi connectivity index (χ0) is 12.6. The number of unbranched alkanes of at least 4 members (excludes halogenated alkanes) is 1. The highest BCUT2D eigenvalue weighted by Crippen LogP contribution is 2.29. The van der Waals surface area contributed by atoms with Crippen LogP contribution in [0.4, 0.5) is 0 Å². The van der Waals surface area contributed by atoms with E-state index in [9.17, 15) is 0 Å². The van der Waals surface area contributed by atoms with Crippen molar-refractivity contribution in [1.82, 2.24) is 0 Å². The maximum atomic E-state index is 6.52. The maximum absolute atomic E-state index is 6.52. The van der Waals surface area contributed by atoms with Gasteiger partial charge in [-0.05, 0) is 42.6 Å². The van der Waals surface area contributed by atoms with Crippen molar-refractivity contribution in [1.29, 1.82) is 0 Å². The Bertz CT molecular complexity index is 158. The molecule has 0 rings (SSSR count). The van der Waals surface area contributed by atoms with E-state index >= 15 is 0 Å². The Morgan fingerprint density at radius 3 is 2.00 bits per heavy atom. The normalized spacial score (nSPS) is 12.8. The second-order valence-electron chi connectivity index (χ2n) is 5.49. The Labute approximate surface area is 107 Å². The fourth-order valence-corrected chi connectivity index (χ4v) is 3.03. The topological polar surface area (TPSA) is 26.0 Å².